The largest absolute Gasteiger partial charge is 0.468 e. The Morgan fingerprint density at radius 2 is 1.00 bits per heavy atom. The van der Waals surface area contributed by atoms with Crippen LogP contribution in [0.5, 0.6) is 0 Å². The first-order valence-corrected chi connectivity index (χ1v) is 27.6. The molecule has 0 saturated heterocycles. The maximum absolute atomic E-state index is 15.7. The monoisotopic (exact) mass is 1170 g/mol. The highest BCUT2D eigenvalue weighted by molar-refractivity contribution is 5.86. The molecule has 0 heterocycles. The number of esters is 4. The molecule has 0 radical (unpaired) electrons. The van der Waals surface area contributed by atoms with Crippen molar-refractivity contribution in [1.82, 2.24) is 0 Å². The maximum Gasteiger partial charge on any atom is 0.432 e. The summed E-state index contributed by atoms with van der Waals surface area (Å²) in [6, 6.07) is 18.3. The molecule has 0 amide bonds. The van der Waals surface area contributed by atoms with Gasteiger partial charge in [0.05, 0.1) is 12.7 Å². The second-order valence-electron chi connectivity index (χ2n) is 24.7. The van der Waals surface area contributed by atoms with Gasteiger partial charge in [-0.15, -0.1) is 0 Å². The van der Waals surface area contributed by atoms with E-state index in [4.69, 9.17) is 33.2 Å². The molecular formula is C61H73F9O12. The Labute approximate surface area is 471 Å². The SMILES string of the molecule is COC(=O)[C@]1(C)[C@@H](OC(=O)[C@@](OC)(c2ccccc2)C(F)(F)F)C[C@H](OC(=O)[C@@](OC)(c2ccccc2)C(F)(F)F)[C@]23C[C@]24CC[C@]2(C)[C@@H]([C@H](C)CC[C@@H](OC(=O)[C@@](OC)(c5ccccc5)C(F)(F)F)C(C)(C)O)CC[C@@]2(C)[C@@H]4CC[C@@H]13. The van der Waals surface area contributed by atoms with Crippen LogP contribution in [-0.2, 0) is 69.1 Å². The molecule has 8 rings (SSSR count). The van der Waals surface area contributed by atoms with E-state index < -0.39 is 139 Å². The van der Waals surface area contributed by atoms with Gasteiger partial charge in [-0.2, -0.15) is 39.5 Å². The van der Waals surface area contributed by atoms with Crippen LogP contribution in [-0.4, -0.2) is 99.9 Å². The lowest BCUT2D eigenvalue weighted by Crippen LogP contribution is -2.66. The van der Waals surface area contributed by atoms with Gasteiger partial charge in [-0.25, -0.2) is 14.4 Å². The fourth-order valence-corrected chi connectivity index (χ4v) is 16.8. The molecule has 0 aromatic heterocycles. The summed E-state index contributed by atoms with van der Waals surface area (Å²) in [4.78, 5) is 58.0. The molecule has 5 aliphatic carbocycles. The number of hydrogen-bond acceptors (Lipinski definition) is 12. The number of ether oxygens (including phenoxy) is 7. The molecule has 82 heavy (non-hydrogen) atoms. The fourth-order valence-electron chi connectivity index (χ4n) is 16.8. The van der Waals surface area contributed by atoms with Crippen LogP contribution in [0.3, 0.4) is 0 Å². The number of carbonyl (C=O) groups is 4. The lowest BCUT2D eigenvalue weighted by molar-refractivity contribution is -0.289. The van der Waals surface area contributed by atoms with Crippen LogP contribution in [0.4, 0.5) is 39.5 Å². The van der Waals surface area contributed by atoms with Gasteiger partial charge in [0.15, 0.2) is 0 Å². The smallest absolute Gasteiger partial charge is 0.432 e. The molecule has 5 fully saturated rings. The van der Waals surface area contributed by atoms with Crippen molar-refractivity contribution in [1.29, 1.82) is 0 Å². The van der Waals surface area contributed by atoms with Crippen molar-refractivity contribution in [3.05, 3.63) is 108 Å². The van der Waals surface area contributed by atoms with Gasteiger partial charge in [-0.1, -0.05) is 112 Å². The van der Waals surface area contributed by atoms with E-state index in [-0.39, 0.29) is 43.4 Å². The number of aliphatic hydroxyl groups is 1. The van der Waals surface area contributed by atoms with Gasteiger partial charge in [0.25, 0.3) is 16.8 Å². The maximum atomic E-state index is 15.7. The van der Waals surface area contributed by atoms with Crippen molar-refractivity contribution in [3.63, 3.8) is 0 Å². The number of fused-ring (bicyclic) bond motifs is 2. The van der Waals surface area contributed by atoms with E-state index in [9.17, 15) is 37.5 Å². The normalized spacial score (nSPS) is 32.8. The standard InChI is InChI=1S/C61H73F9O12/c1-36(26-29-43(50(2,3)75)80-47(72)56(77-8,59(62,63)64)37-20-14-11-15-21-37)40-30-31-52(5)41-27-28-42-53(6,46(71)76-7)44(81-48(73)57(78-9,60(65,66)67)38-22-16-12-17-23-38)34-45(55(42)35-54(41,55)33-32-51(40,52)4)82-49(74)58(79-10,61(68,69)70)39-24-18-13-19-25-39/h11-25,36,40-45,75H,26-35H2,1-10H3/t36-,40-,41+,42+,43-,44+,45+,51-,52+,53+,54+,55-,56+,57+,58+/m1/s1. The minimum atomic E-state index is -5.47. The number of methoxy groups -OCH3 is 4. The van der Waals surface area contributed by atoms with Gasteiger partial charge >= 0.3 is 42.4 Å². The van der Waals surface area contributed by atoms with E-state index in [2.05, 4.69) is 13.8 Å². The van der Waals surface area contributed by atoms with E-state index in [0.717, 1.165) is 50.6 Å². The molecule has 0 bridgehead atoms. The van der Waals surface area contributed by atoms with Gasteiger partial charge in [0.2, 0.25) is 0 Å². The molecule has 3 aromatic rings. The predicted molar refractivity (Wildman–Crippen MR) is 276 cm³/mol. The third kappa shape index (κ3) is 9.07. The van der Waals surface area contributed by atoms with Crippen LogP contribution < -0.4 is 0 Å². The zero-order chi connectivity index (χ0) is 60.7. The molecule has 21 heteroatoms. The Bertz CT molecular complexity index is 2830. The van der Waals surface area contributed by atoms with Crippen molar-refractivity contribution in [3.8, 4) is 0 Å². The third-order valence-corrected chi connectivity index (χ3v) is 21.0. The summed E-state index contributed by atoms with van der Waals surface area (Å²) in [5.41, 5.74) is -19.8. The first kappa shape index (κ1) is 62.8. The number of halogens is 9. The van der Waals surface area contributed by atoms with Crippen LogP contribution >= 0.6 is 0 Å². The molecule has 5 aliphatic rings. The van der Waals surface area contributed by atoms with Crippen LogP contribution in [0.2, 0.25) is 0 Å². The highest BCUT2D eigenvalue weighted by Gasteiger charge is 2.87. The zero-order valence-corrected chi connectivity index (χ0v) is 47.6. The Morgan fingerprint density at radius 3 is 1.41 bits per heavy atom. The summed E-state index contributed by atoms with van der Waals surface area (Å²) in [5, 5.41) is 11.4. The molecular weight excluding hydrogens is 1100 g/mol. The van der Waals surface area contributed by atoms with Crippen molar-refractivity contribution >= 4 is 23.9 Å². The summed E-state index contributed by atoms with van der Waals surface area (Å²) in [6.07, 6.45) is -18.7. The Hall–Kier alpha value is -5.25. The quantitative estimate of drug-likeness (QED) is 0.0733. The third-order valence-electron chi connectivity index (χ3n) is 21.0. The van der Waals surface area contributed by atoms with Crippen molar-refractivity contribution in [2.24, 2.45) is 50.7 Å². The van der Waals surface area contributed by atoms with Crippen molar-refractivity contribution in [2.45, 2.75) is 165 Å². The molecule has 0 unspecified atom stereocenters. The number of alkyl halides is 9. The first-order chi connectivity index (χ1) is 38.1. The van der Waals surface area contributed by atoms with Gasteiger partial charge in [0.1, 0.15) is 23.7 Å². The first-order valence-electron chi connectivity index (χ1n) is 27.6. The molecule has 452 valence electrons. The van der Waals surface area contributed by atoms with E-state index in [1.807, 2.05) is 6.92 Å². The summed E-state index contributed by atoms with van der Waals surface area (Å²) in [5.74, 6) is -8.10. The second kappa shape index (κ2) is 21.4. The van der Waals surface area contributed by atoms with E-state index >= 15 is 26.3 Å². The number of rotatable bonds is 18. The van der Waals surface area contributed by atoms with E-state index in [0.29, 0.717) is 46.3 Å². The highest BCUT2D eigenvalue weighted by atomic mass is 19.4. The Balaban J connectivity index is 1.16. The Morgan fingerprint density at radius 1 is 0.573 bits per heavy atom. The summed E-state index contributed by atoms with van der Waals surface area (Å²) in [6.45, 7) is 10.4. The molecule has 15 atom stereocenters. The molecule has 0 aliphatic heterocycles. The van der Waals surface area contributed by atoms with Crippen molar-refractivity contribution in [2.75, 3.05) is 28.4 Å². The zero-order valence-electron chi connectivity index (χ0n) is 47.6. The lowest BCUT2D eigenvalue weighted by Gasteiger charge is -2.64. The Kier molecular flexibility index (Phi) is 16.4. The van der Waals surface area contributed by atoms with E-state index in [1.165, 1.54) is 75.4 Å². The number of hydrogen-bond donors (Lipinski definition) is 1. The van der Waals surface area contributed by atoms with Crippen LogP contribution in [0, 0.1) is 50.7 Å². The average Bonchev–Trinajstić information content (AvgIpc) is 1.47. The average molecular weight is 1170 g/mol. The summed E-state index contributed by atoms with van der Waals surface area (Å²) >= 11 is 0. The van der Waals surface area contributed by atoms with Crippen molar-refractivity contribution < 1.29 is 97.0 Å². The number of benzene rings is 3. The predicted octanol–water partition coefficient (Wildman–Crippen LogP) is 12.4. The fraction of sp³-hybridized carbons (Fsp3) is 0.639. The second-order valence-corrected chi connectivity index (χ2v) is 24.7. The molecule has 2 spiro atoms. The lowest BCUT2D eigenvalue weighted by atomic mass is 9.41. The van der Waals surface area contributed by atoms with Crippen LogP contribution in [0.25, 0.3) is 0 Å². The highest BCUT2D eigenvalue weighted by Crippen LogP contribution is 2.89. The minimum Gasteiger partial charge on any atom is -0.468 e. The minimum absolute atomic E-state index is 0.0428. The van der Waals surface area contributed by atoms with E-state index in [1.54, 1.807) is 0 Å². The topological polar surface area (TPSA) is 153 Å². The van der Waals surface area contributed by atoms with Crippen LogP contribution in [0.15, 0.2) is 91.0 Å². The summed E-state index contributed by atoms with van der Waals surface area (Å²) < 4.78 is 177. The van der Waals surface area contributed by atoms with Crippen LogP contribution in [0.1, 0.15) is 122 Å². The number of carbonyl (C=O) groups excluding carboxylic acids is 4. The summed E-state index contributed by atoms with van der Waals surface area (Å²) in [7, 11) is 3.18. The van der Waals surface area contributed by atoms with Gasteiger partial charge in [-0.3, -0.25) is 4.79 Å². The molecule has 3 aromatic carbocycles. The van der Waals surface area contributed by atoms with Gasteiger partial charge < -0.3 is 38.3 Å². The molecule has 12 nitrogen and oxygen atoms in total. The molecule has 1 N–H and O–H groups in total. The van der Waals surface area contributed by atoms with Gasteiger partial charge in [0, 0.05) is 49.9 Å². The van der Waals surface area contributed by atoms with Gasteiger partial charge in [-0.05, 0) is 118 Å². The molecule has 5 saturated carbocycles.